The number of hydrogen-bond acceptors (Lipinski definition) is 3. The molecule has 0 radical (unpaired) electrons. The van der Waals surface area contributed by atoms with E-state index in [0.29, 0.717) is 0 Å². The van der Waals surface area contributed by atoms with E-state index in [4.69, 9.17) is 5.84 Å². The van der Waals surface area contributed by atoms with Gasteiger partial charge in [-0.05, 0) is 14.4 Å². The molecule has 0 saturated carbocycles. The number of nitrogens with two attached hydrogens (primary N) is 1. The fraction of sp³-hybridized carbons (Fsp3) is 1.00. The first-order valence-corrected chi connectivity index (χ1v) is 3.69. The summed E-state index contributed by atoms with van der Waals surface area (Å²) in [5.74, 6) is 4.89. The second-order valence-electron chi connectivity index (χ2n) is 0.954. The Morgan fingerprint density at radius 2 is 2.14 bits per heavy atom. The van der Waals surface area contributed by atoms with Crippen molar-refractivity contribution in [3.8, 4) is 0 Å². The number of nitrogens with one attached hydrogen (secondary N) is 1. The summed E-state index contributed by atoms with van der Waals surface area (Å²) in [6, 6.07) is 0. The van der Waals surface area contributed by atoms with Crippen LogP contribution in [0.15, 0.2) is 0 Å². The third-order valence-electron chi connectivity index (χ3n) is 0.394. The highest BCUT2D eigenvalue weighted by Gasteiger charge is 1.64. The second kappa shape index (κ2) is 16.1. The van der Waals surface area contributed by atoms with Crippen LogP contribution in [0.1, 0.15) is 13.3 Å². The average molecular weight is 138 g/mol. The summed E-state index contributed by atoms with van der Waals surface area (Å²) in [4.78, 5) is 0. The molecule has 0 unspecified atom stereocenters. The van der Waals surface area contributed by atoms with Crippen LogP contribution in [0.25, 0.3) is 0 Å². The molecule has 0 bridgehead atoms. The molecular formula is C3H11N2PS. The van der Waals surface area contributed by atoms with Crippen molar-refractivity contribution >= 4 is 19.8 Å². The maximum absolute atomic E-state index is 4.89. The fourth-order valence-corrected chi connectivity index (χ4v) is 0.144. The monoisotopic (exact) mass is 138 g/mol. The maximum Gasteiger partial charge on any atom is 0.00947 e. The molecule has 0 aliphatic rings. The molecule has 0 aliphatic carbocycles. The Hall–Kier alpha value is 0.440. The first-order valence-electron chi connectivity index (χ1n) is 2.05. The third kappa shape index (κ3) is 21.3. The van der Waals surface area contributed by atoms with Crippen molar-refractivity contribution in [1.82, 2.24) is 5.43 Å². The van der Waals surface area contributed by atoms with E-state index in [2.05, 4.69) is 32.2 Å². The molecule has 0 aliphatic heterocycles. The predicted octanol–water partition coefficient (Wildman–Crippen LogP) is 0.451. The summed E-state index contributed by atoms with van der Waals surface area (Å²) >= 11 is 3.89. The highest BCUT2D eigenvalue weighted by atomic mass is 32.4. The Bertz CT molecular complexity index is 26.9. The lowest BCUT2D eigenvalue weighted by Crippen LogP contribution is -2.21. The van der Waals surface area contributed by atoms with Crippen molar-refractivity contribution in [2.75, 3.05) is 6.54 Å². The summed E-state index contributed by atoms with van der Waals surface area (Å²) in [7, 11) is 2.56. The van der Waals surface area contributed by atoms with Gasteiger partial charge in [0.1, 0.15) is 0 Å². The van der Waals surface area contributed by atoms with Gasteiger partial charge in [-0.15, -0.1) is 0 Å². The van der Waals surface area contributed by atoms with E-state index in [1.54, 1.807) is 0 Å². The predicted molar refractivity (Wildman–Crippen MR) is 38.2 cm³/mol. The lowest BCUT2D eigenvalue weighted by atomic mass is 10.5. The largest absolute Gasteiger partial charge is 0.271 e. The van der Waals surface area contributed by atoms with E-state index in [0.717, 1.165) is 13.0 Å². The van der Waals surface area contributed by atoms with E-state index in [-0.39, 0.29) is 0 Å². The molecule has 4 heteroatoms. The highest BCUT2D eigenvalue weighted by Crippen LogP contribution is 1.61. The van der Waals surface area contributed by atoms with Crippen molar-refractivity contribution in [3.05, 3.63) is 0 Å². The summed E-state index contributed by atoms with van der Waals surface area (Å²) in [5, 5.41) is 0. The summed E-state index contributed by atoms with van der Waals surface area (Å²) in [6.45, 7) is 2.99. The minimum atomic E-state index is 0.917. The van der Waals surface area contributed by atoms with Gasteiger partial charge in [-0.3, -0.25) is 11.3 Å². The lowest BCUT2D eigenvalue weighted by molar-refractivity contribution is 0.714. The molecule has 0 aromatic rings. The second-order valence-corrected chi connectivity index (χ2v) is 0.954. The molecular weight excluding hydrogens is 127 g/mol. The van der Waals surface area contributed by atoms with Gasteiger partial charge < -0.3 is 0 Å². The van der Waals surface area contributed by atoms with Crippen LogP contribution in [-0.2, 0) is 11.8 Å². The molecule has 7 heavy (non-hydrogen) atoms. The Morgan fingerprint density at radius 1 is 1.71 bits per heavy atom. The van der Waals surface area contributed by atoms with Crippen LogP contribution in [0.4, 0.5) is 0 Å². The van der Waals surface area contributed by atoms with E-state index >= 15 is 0 Å². The van der Waals surface area contributed by atoms with Crippen LogP contribution in [0, 0.1) is 0 Å². The number of rotatable bonds is 2. The van der Waals surface area contributed by atoms with Crippen molar-refractivity contribution in [3.63, 3.8) is 0 Å². The van der Waals surface area contributed by atoms with E-state index < -0.39 is 0 Å². The minimum absolute atomic E-state index is 0.917. The van der Waals surface area contributed by atoms with E-state index in [1.165, 1.54) is 0 Å². The Balaban J connectivity index is 0. The first kappa shape index (κ1) is 10.4. The zero-order valence-corrected chi connectivity index (χ0v) is 6.22. The molecule has 0 heterocycles. The SMILES string of the molecule is CCCNN.P=S. The van der Waals surface area contributed by atoms with Crippen molar-refractivity contribution in [2.24, 2.45) is 5.84 Å². The molecule has 3 N–H and O–H groups in total. The van der Waals surface area contributed by atoms with E-state index in [1.807, 2.05) is 0 Å². The van der Waals surface area contributed by atoms with Crippen molar-refractivity contribution in [1.29, 1.82) is 0 Å². The molecule has 0 aromatic heterocycles. The fourth-order valence-electron chi connectivity index (χ4n) is 0.144. The van der Waals surface area contributed by atoms with Gasteiger partial charge in [-0.2, -0.15) is 0 Å². The van der Waals surface area contributed by atoms with Crippen molar-refractivity contribution in [2.45, 2.75) is 13.3 Å². The van der Waals surface area contributed by atoms with Crippen LogP contribution in [0.5, 0.6) is 0 Å². The molecule has 0 rings (SSSR count). The highest BCUT2D eigenvalue weighted by molar-refractivity contribution is 7.88. The van der Waals surface area contributed by atoms with Gasteiger partial charge in [0.05, 0.1) is 0 Å². The van der Waals surface area contributed by atoms with Crippen LogP contribution in [0.2, 0.25) is 0 Å². The van der Waals surface area contributed by atoms with Gasteiger partial charge in [0, 0.05) is 6.54 Å². The van der Waals surface area contributed by atoms with Crippen LogP contribution < -0.4 is 11.3 Å². The molecule has 0 atom stereocenters. The summed E-state index contributed by atoms with van der Waals surface area (Å²) < 4.78 is 0. The first-order chi connectivity index (χ1) is 3.41. The van der Waals surface area contributed by atoms with Crippen LogP contribution in [-0.4, -0.2) is 6.54 Å². The van der Waals surface area contributed by atoms with Gasteiger partial charge in [0.25, 0.3) is 0 Å². The molecule has 2 nitrogen and oxygen atoms in total. The quantitative estimate of drug-likeness (QED) is 0.330. The lowest BCUT2D eigenvalue weighted by Gasteiger charge is -1.85. The van der Waals surface area contributed by atoms with E-state index in [9.17, 15) is 0 Å². The Labute approximate surface area is 51.7 Å². The Kier molecular flexibility index (Phi) is 24.0. The van der Waals surface area contributed by atoms with Gasteiger partial charge in [-0.25, -0.2) is 0 Å². The molecule has 0 fully saturated rings. The van der Waals surface area contributed by atoms with Gasteiger partial charge in [0.2, 0.25) is 0 Å². The van der Waals surface area contributed by atoms with Crippen molar-refractivity contribution < 1.29 is 0 Å². The Morgan fingerprint density at radius 3 is 2.14 bits per heavy atom. The van der Waals surface area contributed by atoms with Crippen LogP contribution >= 0.6 is 8.02 Å². The molecule has 0 saturated heterocycles. The summed E-state index contributed by atoms with van der Waals surface area (Å²) in [5.41, 5.74) is 2.52. The molecule has 0 amide bonds. The smallest absolute Gasteiger partial charge is 0.00947 e. The maximum atomic E-state index is 4.89. The molecule has 44 valence electrons. The minimum Gasteiger partial charge on any atom is -0.271 e. The third-order valence-corrected chi connectivity index (χ3v) is 0.394. The summed E-state index contributed by atoms with van der Waals surface area (Å²) in [6.07, 6.45) is 1.11. The average Bonchev–Trinajstić information content (AvgIpc) is 1.75. The number of hydrogen-bond donors (Lipinski definition) is 2. The number of hydrazine groups is 1. The molecule has 0 aromatic carbocycles. The standard InChI is InChI=1S/C3H10N2.HPS/c1-2-3-5-4;1-2/h5H,2-4H2,1H3;1H. The van der Waals surface area contributed by atoms with Gasteiger partial charge in [0.15, 0.2) is 0 Å². The zero-order valence-electron chi connectivity index (χ0n) is 4.40. The normalized spacial score (nSPS) is 6.57. The van der Waals surface area contributed by atoms with Crippen LogP contribution in [0.3, 0.4) is 0 Å². The molecule has 0 spiro atoms. The zero-order chi connectivity index (χ0) is 6.12. The van der Waals surface area contributed by atoms with Gasteiger partial charge in [-0.1, -0.05) is 18.7 Å². The van der Waals surface area contributed by atoms with Gasteiger partial charge >= 0.3 is 0 Å². The topological polar surface area (TPSA) is 38.0 Å².